The highest BCUT2D eigenvalue weighted by Gasteiger charge is 2.24. The maximum atomic E-state index is 4.42. The Balaban J connectivity index is 0.000000333. The van der Waals surface area contributed by atoms with Gasteiger partial charge in [-0.3, -0.25) is 0 Å². The monoisotopic (exact) mass is 519 g/mol. The van der Waals surface area contributed by atoms with E-state index in [1.165, 1.54) is 109 Å². The summed E-state index contributed by atoms with van der Waals surface area (Å²) >= 11 is 0. The molecule has 1 saturated heterocycles. The lowest BCUT2D eigenvalue weighted by atomic mass is 9.77. The van der Waals surface area contributed by atoms with Gasteiger partial charge in [0.25, 0.3) is 0 Å². The van der Waals surface area contributed by atoms with Crippen molar-refractivity contribution >= 4 is 5.57 Å². The number of likely N-dealkylation sites (tertiary alicyclic amines) is 1. The third kappa shape index (κ3) is 8.21. The molecule has 0 N–H and O–H groups in total. The largest absolute Gasteiger partial charge is 0.375 e. The van der Waals surface area contributed by atoms with Crippen molar-refractivity contribution in [2.75, 3.05) is 13.1 Å². The second kappa shape index (κ2) is 13.8. The van der Waals surface area contributed by atoms with Crippen molar-refractivity contribution in [3.63, 3.8) is 0 Å². The fourth-order valence-corrected chi connectivity index (χ4v) is 6.16. The van der Waals surface area contributed by atoms with Crippen molar-refractivity contribution in [2.24, 2.45) is 5.92 Å². The van der Waals surface area contributed by atoms with Crippen molar-refractivity contribution in [3.05, 3.63) is 113 Å². The molecule has 1 saturated carbocycles. The van der Waals surface area contributed by atoms with Gasteiger partial charge in [-0.2, -0.15) is 0 Å². The summed E-state index contributed by atoms with van der Waals surface area (Å²) in [5, 5.41) is 0. The van der Waals surface area contributed by atoms with E-state index in [4.69, 9.17) is 0 Å². The van der Waals surface area contributed by atoms with Crippen molar-refractivity contribution in [1.82, 2.24) is 4.90 Å². The van der Waals surface area contributed by atoms with E-state index in [-0.39, 0.29) is 0 Å². The van der Waals surface area contributed by atoms with Crippen LogP contribution in [0.25, 0.3) is 16.7 Å². The highest BCUT2D eigenvalue weighted by molar-refractivity contribution is 5.68. The second-order valence-corrected chi connectivity index (χ2v) is 12.1. The zero-order valence-electron chi connectivity index (χ0n) is 24.9. The van der Waals surface area contributed by atoms with Crippen LogP contribution in [0.5, 0.6) is 0 Å². The van der Waals surface area contributed by atoms with Crippen LogP contribution in [-0.4, -0.2) is 18.0 Å². The molecule has 3 aromatic carbocycles. The van der Waals surface area contributed by atoms with Gasteiger partial charge in [0.15, 0.2) is 0 Å². The summed E-state index contributed by atoms with van der Waals surface area (Å²) in [6, 6.07) is 24.6. The average Bonchev–Trinajstić information content (AvgIpc) is 2.96. The first-order chi connectivity index (χ1) is 18.8. The molecule has 39 heavy (non-hydrogen) atoms. The van der Waals surface area contributed by atoms with Crippen LogP contribution >= 0.6 is 0 Å². The Kier molecular flexibility index (Phi) is 10.3. The molecular formula is C38H49N. The summed E-state index contributed by atoms with van der Waals surface area (Å²) in [7, 11) is 0. The van der Waals surface area contributed by atoms with E-state index in [0.29, 0.717) is 0 Å². The van der Waals surface area contributed by atoms with Gasteiger partial charge in [0, 0.05) is 18.8 Å². The Morgan fingerprint density at radius 2 is 1.31 bits per heavy atom. The molecule has 0 unspecified atom stereocenters. The predicted octanol–water partition coefficient (Wildman–Crippen LogP) is 10.7. The van der Waals surface area contributed by atoms with E-state index < -0.39 is 0 Å². The van der Waals surface area contributed by atoms with Crippen LogP contribution in [0.15, 0.2) is 85.6 Å². The van der Waals surface area contributed by atoms with Crippen molar-refractivity contribution < 1.29 is 0 Å². The van der Waals surface area contributed by atoms with Crippen LogP contribution in [0.1, 0.15) is 92.0 Å². The summed E-state index contributed by atoms with van der Waals surface area (Å²) in [4.78, 5) is 2.55. The third-order valence-corrected chi connectivity index (χ3v) is 8.93. The number of hydrogen-bond donors (Lipinski definition) is 0. The molecule has 206 valence electrons. The molecule has 1 heterocycles. The first-order valence-corrected chi connectivity index (χ1v) is 15.1. The topological polar surface area (TPSA) is 3.24 Å². The van der Waals surface area contributed by atoms with E-state index >= 15 is 0 Å². The van der Waals surface area contributed by atoms with Gasteiger partial charge >= 0.3 is 0 Å². The number of aryl methyl sites for hydroxylation is 3. The molecule has 0 amide bonds. The Bertz CT molecular complexity index is 1220. The smallest absolute Gasteiger partial charge is 0.0174 e. The fraction of sp³-hybridized carbons (Fsp3) is 0.421. The number of benzene rings is 3. The van der Waals surface area contributed by atoms with Crippen LogP contribution in [0.3, 0.4) is 0 Å². The molecule has 5 rings (SSSR count). The van der Waals surface area contributed by atoms with Crippen LogP contribution in [-0.2, 0) is 0 Å². The Hall–Kier alpha value is -3.06. The lowest BCUT2D eigenvalue weighted by molar-refractivity contribution is 0.247. The van der Waals surface area contributed by atoms with E-state index in [2.05, 4.69) is 112 Å². The third-order valence-electron chi connectivity index (χ3n) is 8.93. The van der Waals surface area contributed by atoms with Gasteiger partial charge in [0.2, 0.25) is 0 Å². The highest BCUT2D eigenvalue weighted by atomic mass is 15.1. The van der Waals surface area contributed by atoms with E-state index in [1.54, 1.807) is 0 Å². The van der Waals surface area contributed by atoms with Gasteiger partial charge < -0.3 is 4.90 Å². The minimum atomic E-state index is 0.726. The normalized spacial score (nSPS) is 19.1. The molecule has 1 aliphatic carbocycles. The predicted molar refractivity (Wildman–Crippen MR) is 171 cm³/mol. The van der Waals surface area contributed by atoms with Gasteiger partial charge in [-0.15, -0.1) is 0 Å². The summed E-state index contributed by atoms with van der Waals surface area (Å²) in [6.07, 6.45) is 10.7. The number of allylic oxidation sites excluding steroid dienone is 2. The summed E-state index contributed by atoms with van der Waals surface area (Å²) in [6.45, 7) is 19.4. The first-order valence-electron chi connectivity index (χ1n) is 15.1. The molecule has 0 atom stereocenters. The molecule has 2 aliphatic rings. The summed E-state index contributed by atoms with van der Waals surface area (Å²) < 4.78 is 0. The van der Waals surface area contributed by atoms with Crippen LogP contribution < -0.4 is 0 Å². The summed E-state index contributed by atoms with van der Waals surface area (Å²) in [5.41, 5.74) is 12.0. The maximum Gasteiger partial charge on any atom is 0.0174 e. The molecule has 0 aromatic heterocycles. The van der Waals surface area contributed by atoms with E-state index in [9.17, 15) is 0 Å². The SMILES string of the molecule is C=C(C)c1ccc(-c2ccc(C3CCC(CC(=C)N4CCCCC4)CC3)cc2)cc1.Cc1ccc(C)c(C)c1. The summed E-state index contributed by atoms with van der Waals surface area (Å²) in [5.74, 6) is 1.56. The minimum absolute atomic E-state index is 0.726. The Morgan fingerprint density at radius 1 is 0.718 bits per heavy atom. The molecule has 1 aliphatic heterocycles. The van der Waals surface area contributed by atoms with E-state index in [0.717, 1.165) is 17.4 Å². The van der Waals surface area contributed by atoms with Crippen molar-refractivity contribution in [2.45, 2.75) is 85.0 Å². The number of hydrogen-bond acceptors (Lipinski definition) is 1. The quantitative estimate of drug-likeness (QED) is 0.313. The van der Waals surface area contributed by atoms with Gasteiger partial charge in [0.1, 0.15) is 0 Å². The lowest BCUT2D eigenvalue weighted by Crippen LogP contribution is -2.30. The van der Waals surface area contributed by atoms with Gasteiger partial charge in [0.05, 0.1) is 0 Å². The molecule has 0 bridgehead atoms. The van der Waals surface area contributed by atoms with Gasteiger partial charge in [-0.25, -0.2) is 0 Å². The molecule has 0 radical (unpaired) electrons. The zero-order valence-corrected chi connectivity index (χ0v) is 24.9. The molecule has 0 spiro atoms. The van der Waals surface area contributed by atoms with Crippen LogP contribution in [0.2, 0.25) is 0 Å². The van der Waals surface area contributed by atoms with Crippen molar-refractivity contribution in [3.8, 4) is 11.1 Å². The fourth-order valence-electron chi connectivity index (χ4n) is 6.16. The lowest BCUT2D eigenvalue weighted by Gasteiger charge is -2.34. The highest BCUT2D eigenvalue weighted by Crippen LogP contribution is 2.39. The molecule has 3 aromatic rings. The first kappa shape index (κ1) is 28.9. The zero-order chi connectivity index (χ0) is 27.8. The van der Waals surface area contributed by atoms with Crippen LogP contribution in [0, 0.1) is 26.7 Å². The second-order valence-electron chi connectivity index (χ2n) is 12.1. The minimum Gasteiger partial charge on any atom is -0.375 e. The molecule has 1 nitrogen and oxygen atoms in total. The standard InChI is InChI=1S/C29H37N.C9H12/c1-22(2)25-11-13-27(14-12-25)29-17-15-28(16-18-29)26-9-7-24(8-10-26)21-23(3)30-19-5-4-6-20-30;1-7-4-5-8(2)9(3)6-7/h11-18,24,26H,1,3-10,19-21H2,2H3;4-6H,1-3H3. The molecule has 2 fully saturated rings. The Labute approximate surface area is 238 Å². The molecular weight excluding hydrogens is 470 g/mol. The number of rotatable bonds is 6. The molecule has 1 heteroatoms. The van der Waals surface area contributed by atoms with Gasteiger partial charge in [-0.05, 0) is 124 Å². The number of nitrogens with zero attached hydrogens (tertiary/aromatic N) is 1. The van der Waals surface area contributed by atoms with E-state index in [1.807, 2.05) is 0 Å². The van der Waals surface area contributed by atoms with Crippen LogP contribution in [0.4, 0.5) is 0 Å². The number of piperidine rings is 1. The van der Waals surface area contributed by atoms with Crippen molar-refractivity contribution in [1.29, 1.82) is 0 Å². The maximum absolute atomic E-state index is 4.42. The average molecular weight is 520 g/mol. The Morgan fingerprint density at radius 3 is 1.85 bits per heavy atom. The van der Waals surface area contributed by atoms with Gasteiger partial charge in [-0.1, -0.05) is 91.0 Å².